The molecule has 0 radical (unpaired) electrons. The summed E-state index contributed by atoms with van der Waals surface area (Å²) in [6, 6.07) is 1.77. The van der Waals surface area contributed by atoms with E-state index in [2.05, 4.69) is 4.98 Å². The molecule has 0 bridgehead atoms. The number of carbonyl (C=O) groups is 1. The Labute approximate surface area is 139 Å². The van der Waals surface area contributed by atoms with Gasteiger partial charge in [0.15, 0.2) is 9.84 Å². The third kappa shape index (κ3) is 4.77. The number of aromatic nitrogens is 1. The number of hydrogen-bond donors (Lipinski definition) is 0. The van der Waals surface area contributed by atoms with E-state index in [1.807, 2.05) is 33.8 Å². The van der Waals surface area contributed by atoms with Crippen LogP contribution in [0.1, 0.15) is 38.3 Å². The van der Waals surface area contributed by atoms with Gasteiger partial charge in [-0.3, -0.25) is 9.78 Å². The van der Waals surface area contributed by atoms with Crippen molar-refractivity contribution in [3.8, 4) is 0 Å². The molecule has 1 aliphatic rings. The Morgan fingerprint density at radius 3 is 2.65 bits per heavy atom. The first-order valence-corrected chi connectivity index (χ1v) is 9.81. The van der Waals surface area contributed by atoms with Gasteiger partial charge in [-0.2, -0.15) is 0 Å². The quantitative estimate of drug-likeness (QED) is 0.845. The minimum Gasteiger partial charge on any atom is -0.337 e. The Morgan fingerprint density at radius 1 is 1.35 bits per heavy atom. The normalized spacial score (nSPS) is 21.2. The predicted molar refractivity (Wildman–Crippen MR) is 90.9 cm³/mol. The Morgan fingerprint density at radius 2 is 2.04 bits per heavy atom. The second-order valence-corrected chi connectivity index (χ2v) is 9.68. The average molecular weight is 338 g/mol. The highest BCUT2D eigenvalue weighted by Gasteiger charge is 2.40. The lowest BCUT2D eigenvalue weighted by Crippen LogP contribution is -2.56. The van der Waals surface area contributed by atoms with E-state index in [4.69, 9.17) is 0 Å². The van der Waals surface area contributed by atoms with Gasteiger partial charge < -0.3 is 4.90 Å². The van der Waals surface area contributed by atoms with E-state index in [-0.39, 0.29) is 28.9 Å². The SMILES string of the molecule is Cc1cncc(CCC(=O)N2CCS(=O)(=O)CC2C(C)(C)C)c1. The summed E-state index contributed by atoms with van der Waals surface area (Å²) in [5.74, 6) is 0.160. The van der Waals surface area contributed by atoms with E-state index in [1.54, 1.807) is 17.3 Å². The molecule has 1 aliphatic heterocycles. The van der Waals surface area contributed by atoms with E-state index < -0.39 is 9.84 Å². The summed E-state index contributed by atoms with van der Waals surface area (Å²) in [5, 5.41) is 0. The van der Waals surface area contributed by atoms with Crippen LogP contribution in [0.25, 0.3) is 0 Å². The van der Waals surface area contributed by atoms with Crippen LogP contribution >= 0.6 is 0 Å². The molecule has 1 aromatic rings. The first-order valence-electron chi connectivity index (χ1n) is 7.99. The first-order chi connectivity index (χ1) is 10.6. The van der Waals surface area contributed by atoms with Crippen molar-refractivity contribution in [3.05, 3.63) is 29.6 Å². The lowest BCUT2D eigenvalue weighted by atomic mass is 9.86. The zero-order chi connectivity index (χ0) is 17.3. The standard InChI is InChI=1S/C17H26N2O3S/c1-13-9-14(11-18-10-13)5-6-16(20)19-7-8-23(21,22)12-15(19)17(2,3)4/h9-11,15H,5-8,12H2,1-4H3. The summed E-state index contributed by atoms with van der Waals surface area (Å²) in [5.41, 5.74) is 1.86. The molecular weight excluding hydrogens is 312 g/mol. The highest BCUT2D eigenvalue weighted by molar-refractivity contribution is 7.91. The van der Waals surface area contributed by atoms with Crippen molar-refractivity contribution < 1.29 is 13.2 Å². The Balaban J connectivity index is 2.07. The van der Waals surface area contributed by atoms with Gasteiger partial charge in [-0.05, 0) is 29.9 Å². The van der Waals surface area contributed by atoms with Crippen LogP contribution in [0.4, 0.5) is 0 Å². The molecule has 23 heavy (non-hydrogen) atoms. The summed E-state index contributed by atoms with van der Waals surface area (Å²) in [4.78, 5) is 18.5. The van der Waals surface area contributed by atoms with Gasteiger partial charge in [0.25, 0.3) is 0 Å². The van der Waals surface area contributed by atoms with E-state index >= 15 is 0 Å². The zero-order valence-corrected chi connectivity index (χ0v) is 15.2. The number of amides is 1. The molecule has 1 aromatic heterocycles. The Hall–Kier alpha value is -1.43. The highest BCUT2D eigenvalue weighted by Crippen LogP contribution is 2.29. The van der Waals surface area contributed by atoms with Crippen LogP contribution in [0.3, 0.4) is 0 Å². The van der Waals surface area contributed by atoms with E-state index in [0.717, 1.165) is 11.1 Å². The van der Waals surface area contributed by atoms with E-state index in [1.165, 1.54) is 0 Å². The maximum absolute atomic E-state index is 12.6. The highest BCUT2D eigenvalue weighted by atomic mass is 32.2. The predicted octanol–water partition coefficient (Wildman–Crippen LogP) is 1.99. The minimum atomic E-state index is -3.06. The summed E-state index contributed by atoms with van der Waals surface area (Å²) in [6.07, 6.45) is 4.59. The molecule has 2 heterocycles. The van der Waals surface area contributed by atoms with Crippen molar-refractivity contribution >= 4 is 15.7 Å². The largest absolute Gasteiger partial charge is 0.337 e. The average Bonchev–Trinajstić information content (AvgIpc) is 2.43. The Bertz CT molecular complexity index is 677. The fraction of sp³-hybridized carbons (Fsp3) is 0.647. The molecule has 1 unspecified atom stereocenters. The van der Waals surface area contributed by atoms with E-state index in [9.17, 15) is 13.2 Å². The van der Waals surface area contributed by atoms with Crippen molar-refractivity contribution in [2.24, 2.45) is 5.41 Å². The van der Waals surface area contributed by atoms with Gasteiger partial charge in [0.1, 0.15) is 0 Å². The van der Waals surface area contributed by atoms with Crippen molar-refractivity contribution in [3.63, 3.8) is 0 Å². The molecule has 6 heteroatoms. The van der Waals surface area contributed by atoms with Gasteiger partial charge in [-0.15, -0.1) is 0 Å². The molecule has 2 rings (SSSR count). The van der Waals surface area contributed by atoms with Crippen LogP contribution in [0.15, 0.2) is 18.5 Å². The van der Waals surface area contributed by atoms with Gasteiger partial charge in [-0.25, -0.2) is 8.42 Å². The number of hydrogen-bond acceptors (Lipinski definition) is 4. The lowest BCUT2D eigenvalue weighted by Gasteiger charge is -2.43. The molecule has 0 aromatic carbocycles. The molecule has 0 saturated carbocycles. The van der Waals surface area contributed by atoms with Crippen molar-refractivity contribution in [2.45, 2.75) is 46.6 Å². The minimum absolute atomic E-state index is 0.0290. The monoisotopic (exact) mass is 338 g/mol. The summed E-state index contributed by atoms with van der Waals surface area (Å²) < 4.78 is 23.9. The fourth-order valence-corrected chi connectivity index (χ4v) is 4.77. The second-order valence-electron chi connectivity index (χ2n) is 7.45. The maximum Gasteiger partial charge on any atom is 0.223 e. The topological polar surface area (TPSA) is 67.3 Å². The van der Waals surface area contributed by atoms with Crippen LogP contribution in [0.2, 0.25) is 0 Å². The molecule has 5 nitrogen and oxygen atoms in total. The van der Waals surface area contributed by atoms with Crippen LogP contribution in [0.5, 0.6) is 0 Å². The Kier molecular flexibility index (Phi) is 5.14. The molecule has 0 aliphatic carbocycles. The molecule has 0 spiro atoms. The van der Waals surface area contributed by atoms with Gasteiger partial charge in [0.05, 0.1) is 17.5 Å². The fourth-order valence-electron chi connectivity index (χ4n) is 2.97. The maximum atomic E-state index is 12.6. The number of carbonyl (C=O) groups excluding carboxylic acids is 1. The molecule has 1 amide bonds. The van der Waals surface area contributed by atoms with Crippen molar-refractivity contribution in [1.29, 1.82) is 0 Å². The first kappa shape index (κ1) is 17.9. The summed E-state index contributed by atoms with van der Waals surface area (Å²) in [7, 11) is -3.06. The second kappa shape index (κ2) is 6.59. The van der Waals surface area contributed by atoms with Gasteiger partial charge in [0, 0.05) is 25.4 Å². The smallest absolute Gasteiger partial charge is 0.223 e. The number of pyridine rings is 1. The molecule has 1 saturated heterocycles. The van der Waals surface area contributed by atoms with Crippen LogP contribution < -0.4 is 0 Å². The van der Waals surface area contributed by atoms with Gasteiger partial charge in [-0.1, -0.05) is 26.8 Å². The number of aryl methyl sites for hydroxylation is 2. The van der Waals surface area contributed by atoms with Crippen LogP contribution in [-0.2, 0) is 21.1 Å². The van der Waals surface area contributed by atoms with Crippen molar-refractivity contribution in [1.82, 2.24) is 9.88 Å². The number of rotatable bonds is 3. The molecular formula is C17H26N2O3S. The number of nitrogens with zero attached hydrogens (tertiary/aromatic N) is 2. The summed E-state index contributed by atoms with van der Waals surface area (Å²) in [6.45, 7) is 8.24. The number of sulfone groups is 1. The molecule has 1 fully saturated rings. The molecule has 1 atom stereocenters. The van der Waals surface area contributed by atoms with Crippen molar-refractivity contribution in [2.75, 3.05) is 18.1 Å². The van der Waals surface area contributed by atoms with Crippen LogP contribution in [0, 0.1) is 12.3 Å². The third-order valence-corrected chi connectivity index (χ3v) is 5.94. The summed E-state index contributed by atoms with van der Waals surface area (Å²) >= 11 is 0. The van der Waals surface area contributed by atoms with Crippen LogP contribution in [-0.4, -0.2) is 48.3 Å². The molecule has 0 N–H and O–H groups in total. The third-order valence-electron chi connectivity index (χ3n) is 4.31. The zero-order valence-electron chi connectivity index (χ0n) is 14.4. The van der Waals surface area contributed by atoms with Gasteiger partial charge in [0.2, 0.25) is 5.91 Å². The molecule has 128 valence electrons. The van der Waals surface area contributed by atoms with E-state index in [0.29, 0.717) is 19.4 Å². The van der Waals surface area contributed by atoms with Gasteiger partial charge >= 0.3 is 0 Å². The lowest BCUT2D eigenvalue weighted by molar-refractivity contribution is -0.135.